The van der Waals surface area contributed by atoms with E-state index in [0.29, 0.717) is 0 Å². The first-order valence-electron chi connectivity index (χ1n) is 6.11. The van der Waals surface area contributed by atoms with Crippen molar-refractivity contribution >= 4 is 15.9 Å². The Bertz CT molecular complexity index is 358. The number of hydrogen-bond donors (Lipinski definition) is 1. The maximum Gasteiger partial charge on any atom is 0.0471 e. The van der Waals surface area contributed by atoms with Crippen molar-refractivity contribution < 1.29 is 5.11 Å². The summed E-state index contributed by atoms with van der Waals surface area (Å²) in [4.78, 5) is 0. The van der Waals surface area contributed by atoms with E-state index < -0.39 is 0 Å². The number of alkyl halides is 1. The molecule has 0 aliphatic carbocycles. The Kier molecular flexibility index (Phi) is 8.19. The summed E-state index contributed by atoms with van der Waals surface area (Å²) in [6.45, 7) is 0.240. The topological polar surface area (TPSA) is 20.2 Å². The van der Waals surface area contributed by atoms with Crippen LogP contribution in [0.5, 0.6) is 0 Å². The first-order valence-corrected chi connectivity index (χ1v) is 7.23. The van der Waals surface area contributed by atoms with Gasteiger partial charge in [0.25, 0.3) is 0 Å². The van der Waals surface area contributed by atoms with Crippen molar-refractivity contribution in [1.82, 2.24) is 0 Å². The normalized spacial score (nSPS) is 9.44. The second-order valence-electron chi connectivity index (χ2n) is 3.88. The van der Waals surface area contributed by atoms with E-state index in [9.17, 15) is 0 Å². The van der Waals surface area contributed by atoms with Crippen LogP contribution in [-0.2, 0) is 12.8 Å². The standard InChI is InChI=1S/C8H9Br.C8H10O/c2*9-7-6-8-4-2-1-3-5-8/h1-5H,6-7H2;1-5,9H,6-7H2. The number of halogens is 1. The van der Waals surface area contributed by atoms with Crippen molar-refractivity contribution in [3.63, 3.8) is 0 Å². The average molecular weight is 307 g/mol. The van der Waals surface area contributed by atoms with Gasteiger partial charge in [-0.25, -0.2) is 0 Å². The van der Waals surface area contributed by atoms with Crippen LogP contribution in [0.15, 0.2) is 60.7 Å². The highest BCUT2D eigenvalue weighted by atomic mass is 79.9. The molecule has 0 aromatic heterocycles. The van der Waals surface area contributed by atoms with Gasteiger partial charge in [0, 0.05) is 11.9 Å². The highest BCUT2D eigenvalue weighted by molar-refractivity contribution is 9.09. The summed E-state index contributed by atoms with van der Waals surface area (Å²) < 4.78 is 0. The smallest absolute Gasteiger partial charge is 0.0471 e. The Labute approximate surface area is 118 Å². The molecule has 1 N–H and O–H groups in total. The van der Waals surface area contributed by atoms with E-state index in [4.69, 9.17) is 5.11 Å². The molecule has 2 rings (SSSR count). The summed E-state index contributed by atoms with van der Waals surface area (Å²) in [6, 6.07) is 20.4. The number of aryl methyl sites for hydroxylation is 1. The van der Waals surface area contributed by atoms with Crippen LogP contribution in [0.4, 0.5) is 0 Å². The van der Waals surface area contributed by atoms with Gasteiger partial charge in [0.1, 0.15) is 0 Å². The van der Waals surface area contributed by atoms with Gasteiger partial charge in [-0.2, -0.15) is 0 Å². The summed E-state index contributed by atoms with van der Waals surface area (Å²) in [5, 5.41) is 9.57. The molecule has 0 bridgehead atoms. The molecule has 0 heterocycles. The fraction of sp³-hybridized carbons (Fsp3) is 0.250. The van der Waals surface area contributed by atoms with Crippen molar-refractivity contribution in [3.05, 3.63) is 71.8 Å². The van der Waals surface area contributed by atoms with Crippen LogP contribution in [0.1, 0.15) is 11.1 Å². The Hall–Kier alpha value is -1.12. The van der Waals surface area contributed by atoms with E-state index in [-0.39, 0.29) is 6.61 Å². The maximum atomic E-state index is 8.52. The van der Waals surface area contributed by atoms with Crippen molar-refractivity contribution in [2.45, 2.75) is 12.8 Å². The number of hydrogen-bond acceptors (Lipinski definition) is 1. The number of rotatable bonds is 4. The molecular weight excluding hydrogens is 288 g/mol. The van der Waals surface area contributed by atoms with E-state index in [1.54, 1.807) is 0 Å². The van der Waals surface area contributed by atoms with Gasteiger partial charge in [-0.15, -0.1) is 0 Å². The predicted octanol–water partition coefficient (Wildman–Crippen LogP) is 3.85. The third-order valence-electron chi connectivity index (χ3n) is 2.47. The minimum absolute atomic E-state index is 0.240. The van der Waals surface area contributed by atoms with Crippen molar-refractivity contribution in [1.29, 1.82) is 0 Å². The van der Waals surface area contributed by atoms with Crippen LogP contribution in [0, 0.1) is 0 Å². The van der Waals surface area contributed by atoms with Gasteiger partial charge in [-0.05, 0) is 24.0 Å². The SMILES string of the molecule is BrCCc1ccccc1.OCCc1ccccc1. The second-order valence-corrected chi connectivity index (χ2v) is 4.68. The third-order valence-corrected chi connectivity index (χ3v) is 2.87. The van der Waals surface area contributed by atoms with Gasteiger partial charge >= 0.3 is 0 Å². The van der Waals surface area contributed by atoms with Crippen LogP contribution in [0.25, 0.3) is 0 Å². The third kappa shape index (κ3) is 6.58. The van der Waals surface area contributed by atoms with Crippen LogP contribution in [-0.4, -0.2) is 17.0 Å². The number of aliphatic hydroxyl groups excluding tert-OH is 1. The van der Waals surface area contributed by atoms with Gasteiger partial charge in [-0.3, -0.25) is 0 Å². The molecule has 2 aromatic carbocycles. The van der Waals surface area contributed by atoms with Crippen LogP contribution >= 0.6 is 15.9 Å². The highest BCUT2D eigenvalue weighted by Gasteiger charge is 1.86. The molecule has 0 aliphatic rings. The summed E-state index contributed by atoms with van der Waals surface area (Å²) in [7, 11) is 0. The number of benzene rings is 2. The van der Waals surface area contributed by atoms with Gasteiger partial charge < -0.3 is 5.11 Å². The molecule has 2 heteroatoms. The van der Waals surface area contributed by atoms with Crippen LogP contribution < -0.4 is 0 Å². The molecule has 2 aromatic rings. The first kappa shape index (κ1) is 14.9. The molecular formula is C16H19BrO. The van der Waals surface area contributed by atoms with E-state index >= 15 is 0 Å². The van der Waals surface area contributed by atoms with Gasteiger partial charge in [0.2, 0.25) is 0 Å². The molecule has 0 aliphatic heterocycles. The molecule has 0 atom stereocenters. The lowest BCUT2D eigenvalue weighted by molar-refractivity contribution is 0.299. The molecule has 18 heavy (non-hydrogen) atoms. The van der Waals surface area contributed by atoms with Gasteiger partial charge in [-0.1, -0.05) is 76.6 Å². The molecule has 0 radical (unpaired) electrons. The first-order chi connectivity index (χ1) is 8.86. The zero-order valence-corrected chi connectivity index (χ0v) is 12.0. The number of aliphatic hydroxyl groups is 1. The van der Waals surface area contributed by atoms with Crippen molar-refractivity contribution in [2.24, 2.45) is 0 Å². The minimum atomic E-state index is 0.240. The molecule has 1 nitrogen and oxygen atoms in total. The quantitative estimate of drug-likeness (QED) is 0.851. The maximum absolute atomic E-state index is 8.52. The van der Waals surface area contributed by atoms with Gasteiger partial charge in [0.05, 0.1) is 0 Å². The zero-order valence-electron chi connectivity index (χ0n) is 10.4. The fourth-order valence-electron chi connectivity index (χ4n) is 1.53. The van der Waals surface area contributed by atoms with E-state index in [2.05, 4.69) is 40.2 Å². The molecule has 0 fully saturated rings. The predicted molar refractivity (Wildman–Crippen MR) is 81.2 cm³/mol. The highest BCUT2D eigenvalue weighted by Crippen LogP contribution is 2.00. The summed E-state index contributed by atoms with van der Waals surface area (Å²) in [5.41, 5.74) is 2.59. The van der Waals surface area contributed by atoms with Gasteiger partial charge in [0.15, 0.2) is 0 Å². The molecule has 0 unspecified atom stereocenters. The van der Waals surface area contributed by atoms with Crippen molar-refractivity contribution in [2.75, 3.05) is 11.9 Å². The largest absolute Gasteiger partial charge is 0.396 e. The Morgan fingerprint density at radius 1 is 0.722 bits per heavy atom. The Balaban J connectivity index is 0.000000180. The molecule has 0 amide bonds. The van der Waals surface area contributed by atoms with E-state index in [1.165, 1.54) is 11.1 Å². The Morgan fingerprint density at radius 2 is 1.17 bits per heavy atom. The van der Waals surface area contributed by atoms with E-state index in [0.717, 1.165) is 18.2 Å². The monoisotopic (exact) mass is 306 g/mol. The molecule has 96 valence electrons. The lowest BCUT2D eigenvalue weighted by Gasteiger charge is -1.93. The van der Waals surface area contributed by atoms with Crippen molar-refractivity contribution in [3.8, 4) is 0 Å². The van der Waals surface area contributed by atoms with E-state index in [1.807, 2.05) is 36.4 Å². The molecule has 0 spiro atoms. The lowest BCUT2D eigenvalue weighted by atomic mass is 10.2. The zero-order chi connectivity index (χ0) is 13.1. The Morgan fingerprint density at radius 3 is 1.56 bits per heavy atom. The fourth-order valence-corrected chi connectivity index (χ4v) is 1.99. The lowest BCUT2D eigenvalue weighted by Crippen LogP contribution is -1.88. The summed E-state index contributed by atoms with van der Waals surface area (Å²) in [6.07, 6.45) is 1.89. The van der Waals surface area contributed by atoms with Crippen LogP contribution in [0.2, 0.25) is 0 Å². The minimum Gasteiger partial charge on any atom is -0.396 e. The second kappa shape index (κ2) is 9.86. The average Bonchev–Trinajstić information content (AvgIpc) is 2.43. The molecule has 0 saturated heterocycles. The van der Waals surface area contributed by atoms with Crippen LogP contribution in [0.3, 0.4) is 0 Å². The molecule has 0 saturated carbocycles. The summed E-state index contributed by atoms with van der Waals surface area (Å²) >= 11 is 3.39. The summed E-state index contributed by atoms with van der Waals surface area (Å²) in [5.74, 6) is 0.